The number of aromatic nitrogens is 1. The Morgan fingerprint density at radius 2 is 2.14 bits per heavy atom. The van der Waals surface area contributed by atoms with Gasteiger partial charge in [-0.1, -0.05) is 29.6 Å². The fraction of sp³-hybridized carbons (Fsp3) is 0.500. The minimum atomic E-state index is 0.402. The van der Waals surface area contributed by atoms with Crippen LogP contribution in [0.2, 0.25) is 10.2 Å². The average molecular weight is 232 g/mol. The Balaban J connectivity index is 2.47. The van der Waals surface area contributed by atoms with E-state index < -0.39 is 0 Å². The molecule has 1 aromatic heterocycles. The van der Waals surface area contributed by atoms with Crippen LogP contribution in [-0.4, -0.2) is 12.1 Å². The second kappa shape index (κ2) is 3.95. The molecule has 0 N–H and O–H groups in total. The summed E-state index contributed by atoms with van der Waals surface area (Å²) in [5, 5.41) is 1.06. The molecule has 0 unspecified atom stereocenters. The molecular formula is C10H11Cl2NO. The van der Waals surface area contributed by atoms with Crippen LogP contribution in [0.5, 0.6) is 5.75 Å². The second-order valence-electron chi connectivity index (χ2n) is 3.47. The first-order valence-electron chi connectivity index (χ1n) is 4.62. The van der Waals surface area contributed by atoms with E-state index in [2.05, 4.69) is 4.98 Å². The lowest BCUT2D eigenvalue weighted by Crippen LogP contribution is -2.11. The number of hydrogen-bond acceptors (Lipinski definition) is 2. The molecule has 1 heterocycles. The highest BCUT2D eigenvalue weighted by Gasteiger charge is 2.27. The fourth-order valence-corrected chi connectivity index (χ4v) is 2.25. The van der Waals surface area contributed by atoms with Crippen LogP contribution in [0.15, 0.2) is 6.20 Å². The van der Waals surface area contributed by atoms with Gasteiger partial charge in [-0.15, -0.1) is 0 Å². The average Bonchev–Trinajstić information content (AvgIpc) is 2.09. The van der Waals surface area contributed by atoms with Crippen molar-refractivity contribution in [3.8, 4) is 5.75 Å². The Morgan fingerprint density at radius 1 is 1.43 bits per heavy atom. The van der Waals surface area contributed by atoms with Crippen LogP contribution in [0.25, 0.3) is 0 Å². The molecule has 1 aromatic rings. The molecule has 2 nitrogen and oxygen atoms in total. The molecule has 76 valence electrons. The molecule has 0 radical (unpaired) electrons. The molecule has 2 rings (SSSR count). The SMILES string of the molecule is COc1c(Cl)ncc(Cl)c1C1CCC1. The van der Waals surface area contributed by atoms with Crippen molar-refractivity contribution < 1.29 is 4.74 Å². The first kappa shape index (κ1) is 10.1. The Hall–Kier alpha value is -0.470. The zero-order chi connectivity index (χ0) is 10.1. The van der Waals surface area contributed by atoms with Crippen molar-refractivity contribution in [2.24, 2.45) is 0 Å². The Bertz CT molecular complexity index is 350. The standard InChI is InChI=1S/C10H11Cl2NO/c1-14-9-8(6-3-2-4-6)7(11)5-13-10(9)12/h5-6H,2-4H2,1H3. The van der Waals surface area contributed by atoms with Gasteiger partial charge >= 0.3 is 0 Å². The first-order valence-corrected chi connectivity index (χ1v) is 5.37. The van der Waals surface area contributed by atoms with E-state index in [0.29, 0.717) is 21.8 Å². The number of methoxy groups -OCH3 is 1. The molecule has 1 saturated carbocycles. The number of nitrogens with zero attached hydrogens (tertiary/aromatic N) is 1. The first-order chi connectivity index (χ1) is 6.74. The summed E-state index contributed by atoms with van der Waals surface area (Å²) in [5.74, 6) is 1.14. The number of hydrogen-bond donors (Lipinski definition) is 0. The van der Waals surface area contributed by atoms with Crippen molar-refractivity contribution in [1.82, 2.24) is 4.98 Å². The monoisotopic (exact) mass is 231 g/mol. The fourth-order valence-electron chi connectivity index (χ4n) is 1.73. The summed E-state index contributed by atoms with van der Waals surface area (Å²) >= 11 is 12.0. The third kappa shape index (κ3) is 1.57. The maximum Gasteiger partial charge on any atom is 0.171 e. The van der Waals surface area contributed by atoms with Gasteiger partial charge in [-0.3, -0.25) is 0 Å². The lowest BCUT2D eigenvalue weighted by molar-refractivity contribution is 0.372. The molecule has 0 bridgehead atoms. The van der Waals surface area contributed by atoms with Crippen LogP contribution in [0.4, 0.5) is 0 Å². The van der Waals surface area contributed by atoms with Crippen LogP contribution >= 0.6 is 23.2 Å². The van der Waals surface area contributed by atoms with Crippen molar-refractivity contribution in [2.45, 2.75) is 25.2 Å². The topological polar surface area (TPSA) is 22.1 Å². The van der Waals surface area contributed by atoms with Crippen molar-refractivity contribution in [2.75, 3.05) is 7.11 Å². The zero-order valence-corrected chi connectivity index (χ0v) is 9.40. The van der Waals surface area contributed by atoms with Gasteiger partial charge in [-0.2, -0.15) is 0 Å². The van der Waals surface area contributed by atoms with Crippen molar-refractivity contribution in [1.29, 1.82) is 0 Å². The summed E-state index contributed by atoms with van der Waals surface area (Å²) in [6.45, 7) is 0. The number of ether oxygens (including phenoxy) is 1. The predicted octanol–water partition coefficient (Wildman–Crippen LogP) is 3.66. The van der Waals surface area contributed by atoms with Crippen molar-refractivity contribution in [3.63, 3.8) is 0 Å². The summed E-state index contributed by atoms with van der Waals surface area (Å²) in [4.78, 5) is 3.96. The van der Waals surface area contributed by atoms with Crippen molar-refractivity contribution in [3.05, 3.63) is 21.9 Å². The molecule has 1 aliphatic rings. The van der Waals surface area contributed by atoms with Gasteiger partial charge in [-0.25, -0.2) is 4.98 Å². The quantitative estimate of drug-likeness (QED) is 0.726. The maximum atomic E-state index is 6.09. The molecule has 4 heteroatoms. The van der Waals surface area contributed by atoms with Crippen LogP contribution in [0.1, 0.15) is 30.7 Å². The molecule has 0 aromatic carbocycles. The Kier molecular flexibility index (Phi) is 2.84. The van der Waals surface area contributed by atoms with E-state index in [9.17, 15) is 0 Å². The molecule has 0 saturated heterocycles. The molecular weight excluding hydrogens is 221 g/mol. The largest absolute Gasteiger partial charge is 0.493 e. The summed E-state index contributed by atoms with van der Waals surface area (Å²) in [6.07, 6.45) is 5.18. The van der Waals surface area contributed by atoms with E-state index in [4.69, 9.17) is 27.9 Å². The van der Waals surface area contributed by atoms with Gasteiger partial charge in [0.05, 0.1) is 12.1 Å². The summed E-state index contributed by atoms with van der Waals surface area (Å²) in [7, 11) is 1.60. The smallest absolute Gasteiger partial charge is 0.171 e. The molecule has 1 fully saturated rings. The highest BCUT2D eigenvalue weighted by molar-refractivity contribution is 6.34. The lowest BCUT2D eigenvalue weighted by atomic mass is 9.80. The van der Waals surface area contributed by atoms with Gasteiger partial charge in [-0.05, 0) is 18.8 Å². The highest BCUT2D eigenvalue weighted by atomic mass is 35.5. The Labute approximate surface area is 93.2 Å². The third-order valence-electron chi connectivity index (χ3n) is 2.70. The minimum absolute atomic E-state index is 0.402. The van der Waals surface area contributed by atoms with Gasteiger partial charge in [0, 0.05) is 11.8 Å². The molecule has 0 amide bonds. The number of halogens is 2. The second-order valence-corrected chi connectivity index (χ2v) is 4.24. The van der Waals surface area contributed by atoms with E-state index in [1.165, 1.54) is 6.42 Å². The molecule has 1 aliphatic carbocycles. The van der Waals surface area contributed by atoms with E-state index in [1.807, 2.05) is 0 Å². The Morgan fingerprint density at radius 3 is 2.64 bits per heavy atom. The lowest BCUT2D eigenvalue weighted by Gasteiger charge is -2.28. The summed E-state index contributed by atoms with van der Waals surface area (Å²) in [5.41, 5.74) is 1.03. The predicted molar refractivity (Wildman–Crippen MR) is 57.4 cm³/mol. The van der Waals surface area contributed by atoms with Crippen LogP contribution in [0, 0.1) is 0 Å². The van der Waals surface area contributed by atoms with Gasteiger partial charge in [0.2, 0.25) is 0 Å². The normalized spacial score (nSPS) is 16.5. The van der Waals surface area contributed by atoms with E-state index in [1.54, 1.807) is 13.3 Å². The number of rotatable bonds is 2. The summed E-state index contributed by atoms with van der Waals surface area (Å²) in [6, 6.07) is 0. The minimum Gasteiger partial charge on any atom is -0.493 e. The maximum absolute atomic E-state index is 6.09. The molecule has 0 aliphatic heterocycles. The molecule has 14 heavy (non-hydrogen) atoms. The molecule has 0 spiro atoms. The zero-order valence-electron chi connectivity index (χ0n) is 7.89. The van der Waals surface area contributed by atoms with Crippen molar-refractivity contribution >= 4 is 23.2 Å². The molecule has 0 atom stereocenters. The van der Waals surface area contributed by atoms with Crippen LogP contribution in [-0.2, 0) is 0 Å². The third-order valence-corrected chi connectivity index (χ3v) is 3.27. The van der Waals surface area contributed by atoms with E-state index >= 15 is 0 Å². The number of pyridine rings is 1. The van der Waals surface area contributed by atoms with Crippen LogP contribution < -0.4 is 4.74 Å². The summed E-state index contributed by atoms with van der Waals surface area (Å²) < 4.78 is 5.23. The van der Waals surface area contributed by atoms with Gasteiger partial charge in [0.1, 0.15) is 0 Å². The van der Waals surface area contributed by atoms with Gasteiger partial charge in [0.25, 0.3) is 0 Å². The van der Waals surface area contributed by atoms with Gasteiger partial charge < -0.3 is 4.74 Å². The van der Waals surface area contributed by atoms with Crippen LogP contribution in [0.3, 0.4) is 0 Å². The van der Waals surface area contributed by atoms with Gasteiger partial charge in [0.15, 0.2) is 10.9 Å². The van der Waals surface area contributed by atoms with E-state index in [0.717, 1.165) is 18.4 Å². The highest BCUT2D eigenvalue weighted by Crippen LogP contribution is 2.45. The van der Waals surface area contributed by atoms with E-state index in [-0.39, 0.29) is 0 Å².